The molecule has 0 aliphatic carbocycles. The first-order valence-electron chi connectivity index (χ1n) is 19.1. The molecule has 0 aromatic rings. The number of phosphoric ester groups is 1. The van der Waals surface area contributed by atoms with Gasteiger partial charge in [0.15, 0.2) is 11.9 Å². The summed E-state index contributed by atoms with van der Waals surface area (Å²) in [6.45, 7) is 4.44. The number of unbranched alkanes of at least 4 members (excludes halogenated alkanes) is 14. The normalized spacial score (nSPS) is 14.3. The Bertz CT molecular complexity index is 966. The van der Waals surface area contributed by atoms with Crippen LogP contribution in [-0.4, -0.2) is 71.5 Å². The Morgan fingerprint density at radius 2 is 1.26 bits per heavy atom. The molecule has 0 aliphatic heterocycles. The second-order valence-electron chi connectivity index (χ2n) is 13.5. The molecule has 0 spiro atoms. The van der Waals surface area contributed by atoms with Gasteiger partial charge in [0.2, 0.25) is 0 Å². The molecule has 0 amide bonds. The fourth-order valence-electron chi connectivity index (χ4n) is 4.98. The Morgan fingerprint density at radius 3 is 1.86 bits per heavy atom. The van der Waals surface area contributed by atoms with Crippen LogP contribution in [0, 0.1) is 5.92 Å². The van der Waals surface area contributed by atoms with E-state index >= 15 is 0 Å². The van der Waals surface area contributed by atoms with E-state index in [4.69, 9.17) is 19.1 Å². The topological polar surface area (TPSA) is 166 Å². The number of carbonyl (C=O) groups is 3. The van der Waals surface area contributed by atoms with E-state index in [9.17, 15) is 28.9 Å². The van der Waals surface area contributed by atoms with Crippen LogP contribution in [0.3, 0.4) is 0 Å². The van der Waals surface area contributed by atoms with Gasteiger partial charge in [0.05, 0.1) is 19.8 Å². The first kappa shape index (κ1) is 48.1. The quantitative estimate of drug-likeness (QED) is 0.0188. The highest BCUT2D eigenvalue weighted by atomic mass is 31.2. The lowest BCUT2D eigenvalue weighted by molar-refractivity contribution is -0.161. The number of aliphatic hydroxyl groups excluding tert-OH is 2. The van der Waals surface area contributed by atoms with Crippen LogP contribution in [-0.2, 0) is 37.5 Å². The van der Waals surface area contributed by atoms with E-state index in [0.29, 0.717) is 19.3 Å². The van der Waals surface area contributed by atoms with Gasteiger partial charge in [-0.15, -0.1) is 0 Å². The zero-order chi connectivity index (χ0) is 37.3. The summed E-state index contributed by atoms with van der Waals surface area (Å²) in [6.07, 6.45) is 24.2. The average Bonchev–Trinajstić information content (AvgIpc) is 3.08. The van der Waals surface area contributed by atoms with Crippen LogP contribution in [0.15, 0.2) is 24.3 Å². The lowest BCUT2D eigenvalue weighted by Gasteiger charge is -2.20. The maximum absolute atomic E-state index is 12.5. The minimum Gasteiger partial charge on any atom is -0.462 e. The molecule has 11 nitrogen and oxygen atoms in total. The van der Waals surface area contributed by atoms with E-state index < -0.39 is 51.8 Å². The second-order valence-corrected chi connectivity index (χ2v) is 14.9. The molecule has 0 aromatic carbocycles. The van der Waals surface area contributed by atoms with Gasteiger partial charge in [-0.3, -0.25) is 23.4 Å². The fraction of sp³-hybridized carbons (Fsp3) is 0.816. The Morgan fingerprint density at radius 1 is 0.700 bits per heavy atom. The molecule has 0 aliphatic rings. The molecule has 0 fully saturated rings. The molecule has 3 atom stereocenters. The van der Waals surface area contributed by atoms with Crippen molar-refractivity contribution in [3.8, 4) is 0 Å². The number of allylic oxidation sites excluding steroid dienone is 4. The van der Waals surface area contributed by atoms with Gasteiger partial charge in [0.1, 0.15) is 12.7 Å². The van der Waals surface area contributed by atoms with E-state index in [1.165, 1.54) is 44.9 Å². The molecule has 12 heteroatoms. The first-order chi connectivity index (χ1) is 24.0. The fourth-order valence-corrected chi connectivity index (χ4v) is 5.77. The standard InChI is InChI=1S/C38H69O11P/c1-4-5-6-7-10-15-20-25-34(40)26-21-16-13-18-23-28-38(43)49-36(32-48-50(44,45)47-30-35(41)29-39)31-46-37(42)27-22-17-12-9-8-11-14-19-24-33(2)3/h10,15,20,25,33,35-36,39,41H,4-9,11-14,16-19,21-24,26-32H2,1-3H3,(H,44,45)/b15-10-,25-20+/t35-,36+/m0/s1. The maximum Gasteiger partial charge on any atom is 0.472 e. The van der Waals surface area contributed by atoms with E-state index in [1.807, 2.05) is 6.08 Å². The van der Waals surface area contributed by atoms with E-state index in [-0.39, 0.29) is 25.2 Å². The number of aliphatic hydroxyl groups is 2. The van der Waals surface area contributed by atoms with Gasteiger partial charge >= 0.3 is 19.8 Å². The molecular weight excluding hydrogens is 663 g/mol. The second kappa shape index (κ2) is 33.0. The molecule has 0 bridgehead atoms. The van der Waals surface area contributed by atoms with E-state index in [0.717, 1.165) is 63.7 Å². The molecule has 50 heavy (non-hydrogen) atoms. The Hall–Kier alpha value is -1.88. The SMILES string of the molecule is CCCCC/C=C\C=C\C(=O)CCCCCCCC(=O)O[C@H](COC(=O)CCCCCCCCCCC(C)C)COP(=O)(O)OC[C@@H](O)CO. The molecule has 292 valence electrons. The molecule has 0 radical (unpaired) electrons. The van der Waals surface area contributed by atoms with Crippen molar-refractivity contribution in [2.75, 3.05) is 26.4 Å². The minimum atomic E-state index is -4.64. The number of carbonyl (C=O) groups excluding carboxylic acids is 3. The summed E-state index contributed by atoms with van der Waals surface area (Å²) in [5.74, 6) is -0.168. The van der Waals surface area contributed by atoms with E-state index in [2.05, 4.69) is 31.4 Å². The van der Waals surface area contributed by atoms with Gasteiger partial charge in [-0.25, -0.2) is 4.57 Å². The van der Waals surface area contributed by atoms with Crippen LogP contribution in [0.25, 0.3) is 0 Å². The highest BCUT2D eigenvalue weighted by Gasteiger charge is 2.27. The third-order valence-corrected chi connectivity index (χ3v) is 8.96. The van der Waals surface area contributed by atoms with Crippen LogP contribution < -0.4 is 0 Å². The third-order valence-electron chi connectivity index (χ3n) is 8.01. The van der Waals surface area contributed by atoms with Crippen molar-refractivity contribution in [2.45, 2.75) is 168 Å². The maximum atomic E-state index is 12.5. The number of hydrogen-bond donors (Lipinski definition) is 3. The molecule has 3 N–H and O–H groups in total. The van der Waals surface area contributed by atoms with Crippen LogP contribution >= 0.6 is 7.82 Å². The molecule has 0 heterocycles. The summed E-state index contributed by atoms with van der Waals surface area (Å²) in [5.41, 5.74) is 0. The minimum absolute atomic E-state index is 0.0985. The zero-order valence-corrected chi connectivity index (χ0v) is 32.2. The van der Waals surface area contributed by atoms with Crippen molar-refractivity contribution in [3.63, 3.8) is 0 Å². The van der Waals surface area contributed by atoms with Gasteiger partial charge in [0.25, 0.3) is 0 Å². The smallest absolute Gasteiger partial charge is 0.462 e. The summed E-state index contributed by atoms with van der Waals surface area (Å²) in [5, 5.41) is 18.3. The molecule has 0 rings (SSSR count). The van der Waals surface area contributed by atoms with Crippen molar-refractivity contribution >= 4 is 25.5 Å². The molecule has 0 aromatic heterocycles. The van der Waals surface area contributed by atoms with Gasteiger partial charge in [-0.1, -0.05) is 122 Å². The molecule has 1 unspecified atom stereocenters. The van der Waals surface area contributed by atoms with Crippen LogP contribution in [0.1, 0.15) is 156 Å². The molecular formula is C38H69O11P. The number of esters is 2. The number of ketones is 1. The van der Waals surface area contributed by atoms with Crippen LogP contribution in [0.4, 0.5) is 0 Å². The highest BCUT2D eigenvalue weighted by molar-refractivity contribution is 7.47. The predicted molar refractivity (Wildman–Crippen MR) is 196 cm³/mol. The third kappa shape index (κ3) is 33.3. The largest absolute Gasteiger partial charge is 0.472 e. The summed E-state index contributed by atoms with van der Waals surface area (Å²) in [7, 11) is -4.64. The van der Waals surface area contributed by atoms with Crippen molar-refractivity contribution < 1.29 is 52.6 Å². The summed E-state index contributed by atoms with van der Waals surface area (Å²) >= 11 is 0. The monoisotopic (exact) mass is 732 g/mol. The Kier molecular flexibility index (Phi) is 31.7. The average molecular weight is 733 g/mol. The molecule has 0 saturated carbocycles. The van der Waals surface area contributed by atoms with Crippen molar-refractivity contribution in [1.82, 2.24) is 0 Å². The van der Waals surface area contributed by atoms with Crippen molar-refractivity contribution in [3.05, 3.63) is 24.3 Å². The van der Waals surface area contributed by atoms with Gasteiger partial charge in [0, 0.05) is 19.3 Å². The van der Waals surface area contributed by atoms with Crippen LogP contribution in [0.5, 0.6) is 0 Å². The van der Waals surface area contributed by atoms with Gasteiger partial charge in [-0.2, -0.15) is 0 Å². The van der Waals surface area contributed by atoms with Gasteiger partial charge in [-0.05, 0) is 44.1 Å². The van der Waals surface area contributed by atoms with Crippen LogP contribution in [0.2, 0.25) is 0 Å². The van der Waals surface area contributed by atoms with Crippen molar-refractivity contribution in [1.29, 1.82) is 0 Å². The first-order valence-corrected chi connectivity index (χ1v) is 20.6. The van der Waals surface area contributed by atoms with E-state index in [1.54, 1.807) is 12.2 Å². The summed E-state index contributed by atoms with van der Waals surface area (Å²) < 4.78 is 32.5. The number of phosphoric acid groups is 1. The number of ether oxygens (including phenoxy) is 2. The van der Waals surface area contributed by atoms with Crippen molar-refractivity contribution in [2.24, 2.45) is 5.92 Å². The summed E-state index contributed by atoms with van der Waals surface area (Å²) in [4.78, 5) is 46.8. The van der Waals surface area contributed by atoms with Gasteiger partial charge < -0.3 is 24.6 Å². The lowest BCUT2D eigenvalue weighted by atomic mass is 10.0. The highest BCUT2D eigenvalue weighted by Crippen LogP contribution is 2.43. The zero-order valence-electron chi connectivity index (χ0n) is 31.3. The summed E-state index contributed by atoms with van der Waals surface area (Å²) in [6, 6.07) is 0. The lowest BCUT2D eigenvalue weighted by Crippen LogP contribution is -2.29. The number of hydrogen-bond acceptors (Lipinski definition) is 10. The molecule has 0 saturated heterocycles. The number of rotatable bonds is 35. The Balaban J connectivity index is 4.47. The Labute approximate surface area is 302 Å². The predicted octanol–water partition coefficient (Wildman–Crippen LogP) is 8.48.